The molecule has 1 aromatic heterocycles. The van der Waals surface area contributed by atoms with Crippen LogP contribution in [0.4, 0.5) is 14.7 Å². The van der Waals surface area contributed by atoms with Gasteiger partial charge in [0.2, 0.25) is 5.95 Å². The quantitative estimate of drug-likeness (QED) is 0.842. The van der Waals surface area contributed by atoms with Crippen molar-refractivity contribution >= 4 is 5.95 Å². The van der Waals surface area contributed by atoms with E-state index in [1.165, 1.54) is 12.1 Å². The molecule has 18 heavy (non-hydrogen) atoms. The van der Waals surface area contributed by atoms with Gasteiger partial charge in [0.25, 0.3) is 0 Å². The van der Waals surface area contributed by atoms with Gasteiger partial charge in [-0.15, -0.1) is 5.10 Å². The summed E-state index contributed by atoms with van der Waals surface area (Å²) in [4.78, 5) is 4.15. The average Bonchev–Trinajstić information content (AvgIpc) is 2.67. The molecule has 1 unspecified atom stereocenters. The Morgan fingerprint density at radius 1 is 1.22 bits per heavy atom. The molecule has 2 aromatic rings. The van der Waals surface area contributed by atoms with E-state index < -0.39 is 11.6 Å². The van der Waals surface area contributed by atoms with E-state index in [-0.39, 0.29) is 11.9 Å². The fourth-order valence-corrected chi connectivity index (χ4v) is 2.46. The van der Waals surface area contributed by atoms with Crippen molar-refractivity contribution in [2.45, 2.75) is 25.3 Å². The zero-order chi connectivity index (χ0) is 12.7. The molecule has 0 saturated heterocycles. The topological polar surface area (TPSA) is 56.7 Å². The summed E-state index contributed by atoms with van der Waals surface area (Å²) in [7, 11) is 0. The summed E-state index contributed by atoms with van der Waals surface area (Å²) in [5.74, 6) is -0.407. The number of hydrogen-bond acceptors (Lipinski definition) is 3. The summed E-state index contributed by atoms with van der Waals surface area (Å²) in [5.41, 5.74) is 6.15. The fourth-order valence-electron chi connectivity index (χ4n) is 2.46. The first-order valence-corrected chi connectivity index (χ1v) is 5.79. The molecule has 1 aliphatic heterocycles. The maximum absolute atomic E-state index is 13.3. The number of benzene rings is 1. The molecule has 3 rings (SSSR count). The molecule has 0 aliphatic carbocycles. The number of aromatic nitrogens is 3. The zero-order valence-corrected chi connectivity index (χ0v) is 9.61. The number of aryl methyl sites for hydroxylation is 1. The highest BCUT2D eigenvalue weighted by atomic mass is 19.1. The number of fused-ring (bicyclic) bond motifs is 1. The van der Waals surface area contributed by atoms with Gasteiger partial charge in [-0.05, 0) is 30.5 Å². The van der Waals surface area contributed by atoms with Crippen molar-refractivity contribution in [1.82, 2.24) is 14.8 Å². The minimum atomic E-state index is -0.574. The van der Waals surface area contributed by atoms with E-state index in [0.717, 1.165) is 25.5 Å². The van der Waals surface area contributed by atoms with Crippen LogP contribution in [0.5, 0.6) is 0 Å². The number of nitrogens with zero attached hydrogens (tertiary/aromatic N) is 3. The molecule has 2 N–H and O–H groups in total. The fraction of sp³-hybridized carbons (Fsp3) is 0.333. The van der Waals surface area contributed by atoms with Crippen molar-refractivity contribution in [2.75, 3.05) is 5.73 Å². The summed E-state index contributed by atoms with van der Waals surface area (Å²) in [6.45, 7) is 0.744. The van der Waals surface area contributed by atoms with Gasteiger partial charge in [-0.3, -0.25) is 0 Å². The Morgan fingerprint density at radius 3 is 2.67 bits per heavy atom. The normalized spacial score (nSPS) is 18.7. The van der Waals surface area contributed by atoms with Crippen LogP contribution < -0.4 is 5.73 Å². The molecule has 1 atom stereocenters. The van der Waals surface area contributed by atoms with Crippen molar-refractivity contribution in [3.63, 3.8) is 0 Å². The summed E-state index contributed by atoms with van der Waals surface area (Å²) in [5, 5.41) is 4.07. The molecule has 0 spiro atoms. The van der Waals surface area contributed by atoms with Crippen LogP contribution in [-0.2, 0) is 6.54 Å². The second-order valence-electron chi connectivity index (χ2n) is 4.45. The van der Waals surface area contributed by atoms with E-state index in [9.17, 15) is 8.78 Å². The second kappa shape index (κ2) is 4.04. The molecule has 94 valence electrons. The highest BCUT2D eigenvalue weighted by molar-refractivity contribution is 5.30. The van der Waals surface area contributed by atoms with Crippen molar-refractivity contribution in [3.8, 4) is 0 Å². The number of rotatable bonds is 1. The van der Waals surface area contributed by atoms with E-state index in [2.05, 4.69) is 10.1 Å². The van der Waals surface area contributed by atoms with Crippen molar-refractivity contribution < 1.29 is 8.78 Å². The minimum Gasteiger partial charge on any atom is -0.366 e. The first kappa shape index (κ1) is 11.1. The zero-order valence-electron chi connectivity index (χ0n) is 9.61. The van der Waals surface area contributed by atoms with Gasteiger partial charge in [0.1, 0.15) is 17.5 Å². The number of hydrogen-bond donors (Lipinski definition) is 1. The predicted octanol–water partition coefficient (Wildman–Crippen LogP) is 2.06. The van der Waals surface area contributed by atoms with Crippen LogP contribution >= 0.6 is 0 Å². The molecule has 0 fully saturated rings. The second-order valence-corrected chi connectivity index (χ2v) is 4.45. The molecule has 0 bridgehead atoms. The van der Waals surface area contributed by atoms with Crippen LogP contribution in [0.3, 0.4) is 0 Å². The highest BCUT2D eigenvalue weighted by Crippen LogP contribution is 2.32. The summed E-state index contributed by atoms with van der Waals surface area (Å²) < 4.78 is 28.2. The maximum atomic E-state index is 13.3. The molecule has 0 radical (unpaired) electrons. The van der Waals surface area contributed by atoms with Crippen LogP contribution in [-0.4, -0.2) is 14.8 Å². The van der Waals surface area contributed by atoms with Gasteiger partial charge in [0.15, 0.2) is 0 Å². The summed E-state index contributed by atoms with van der Waals surface area (Å²) >= 11 is 0. The van der Waals surface area contributed by atoms with Gasteiger partial charge in [-0.1, -0.05) is 0 Å². The Kier molecular flexibility index (Phi) is 2.50. The molecule has 2 heterocycles. The van der Waals surface area contributed by atoms with E-state index >= 15 is 0 Å². The SMILES string of the molecule is Nc1nc2n(n1)CCCC2c1cc(F)cc(F)c1. The van der Waals surface area contributed by atoms with Crippen LogP contribution in [0, 0.1) is 11.6 Å². The number of anilines is 1. The number of nitrogens with two attached hydrogens (primary N) is 1. The van der Waals surface area contributed by atoms with Gasteiger partial charge in [-0.25, -0.2) is 13.5 Å². The number of halogens is 2. The summed E-state index contributed by atoms with van der Waals surface area (Å²) in [6.07, 6.45) is 1.68. The van der Waals surface area contributed by atoms with Crippen LogP contribution in [0.15, 0.2) is 18.2 Å². The third-order valence-electron chi connectivity index (χ3n) is 3.18. The molecule has 1 aliphatic rings. The highest BCUT2D eigenvalue weighted by Gasteiger charge is 2.26. The van der Waals surface area contributed by atoms with Gasteiger partial charge < -0.3 is 5.73 Å². The van der Waals surface area contributed by atoms with Crippen LogP contribution in [0.2, 0.25) is 0 Å². The average molecular weight is 250 g/mol. The third-order valence-corrected chi connectivity index (χ3v) is 3.18. The van der Waals surface area contributed by atoms with Crippen molar-refractivity contribution in [2.24, 2.45) is 0 Å². The Morgan fingerprint density at radius 2 is 1.94 bits per heavy atom. The lowest BCUT2D eigenvalue weighted by molar-refractivity contribution is 0.443. The first-order chi connectivity index (χ1) is 8.63. The molecule has 1 aromatic carbocycles. The molecule has 0 amide bonds. The predicted molar refractivity (Wildman–Crippen MR) is 61.9 cm³/mol. The first-order valence-electron chi connectivity index (χ1n) is 5.79. The smallest absolute Gasteiger partial charge is 0.239 e. The largest absolute Gasteiger partial charge is 0.366 e. The van der Waals surface area contributed by atoms with Crippen LogP contribution in [0.25, 0.3) is 0 Å². The standard InChI is InChI=1S/C12H12F2N4/c13-8-4-7(5-9(14)6-8)10-2-1-3-18-11(10)16-12(15)17-18/h4-6,10H,1-3H2,(H2,15,17). The maximum Gasteiger partial charge on any atom is 0.239 e. The Hall–Kier alpha value is -1.98. The van der Waals surface area contributed by atoms with Gasteiger partial charge in [-0.2, -0.15) is 4.98 Å². The molecule has 6 heteroatoms. The Balaban J connectivity index is 2.07. The Labute approximate surface area is 102 Å². The van der Waals surface area contributed by atoms with Gasteiger partial charge in [0, 0.05) is 18.5 Å². The molecule has 4 nitrogen and oxygen atoms in total. The minimum absolute atomic E-state index is 0.145. The van der Waals surface area contributed by atoms with Gasteiger partial charge in [0.05, 0.1) is 0 Å². The van der Waals surface area contributed by atoms with Gasteiger partial charge >= 0.3 is 0 Å². The van der Waals surface area contributed by atoms with Crippen molar-refractivity contribution in [3.05, 3.63) is 41.2 Å². The monoisotopic (exact) mass is 250 g/mol. The van der Waals surface area contributed by atoms with E-state index in [4.69, 9.17) is 5.73 Å². The summed E-state index contributed by atoms with van der Waals surface area (Å²) in [6, 6.07) is 3.55. The lowest BCUT2D eigenvalue weighted by Crippen LogP contribution is -2.18. The molecular formula is C12H12F2N4. The third kappa shape index (κ3) is 1.83. The molecular weight excluding hydrogens is 238 g/mol. The van der Waals surface area contributed by atoms with E-state index in [1.54, 1.807) is 4.68 Å². The molecule has 0 saturated carbocycles. The van der Waals surface area contributed by atoms with Crippen molar-refractivity contribution in [1.29, 1.82) is 0 Å². The number of nitrogen functional groups attached to an aromatic ring is 1. The lowest BCUT2D eigenvalue weighted by atomic mass is 9.91. The van der Waals surface area contributed by atoms with Crippen LogP contribution in [0.1, 0.15) is 30.1 Å². The van der Waals surface area contributed by atoms with E-state index in [0.29, 0.717) is 11.4 Å². The Bertz CT molecular complexity index is 574. The van der Waals surface area contributed by atoms with E-state index in [1.807, 2.05) is 0 Å². The lowest BCUT2D eigenvalue weighted by Gasteiger charge is -2.22.